The van der Waals surface area contributed by atoms with Gasteiger partial charge in [-0.2, -0.15) is 5.26 Å². The van der Waals surface area contributed by atoms with Crippen molar-refractivity contribution in [1.82, 2.24) is 4.90 Å². The minimum Gasteiger partial charge on any atom is -0.369 e. The molecule has 2 aliphatic rings. The van der Waals surface area contributed by atoms with E-state index in [2.05, 4.69) is 11.8 Å². The van der Waals surface area contributed by atoms with E-state index in [1.807, 2.05) is 13.8 Å². The number of hydrogen-bond acceptors (Lipinski definition) is 3. The van der Waals surface area contributed by atoms with Crippen LogP contribution in [0.1, 0.15) is 53.4 Å². The Balaban J connectivity index is 0.000000573. The van der Waals surface area contributed by atoms with E-state index in [1.165, 1.54) is 32.6 Å². The molecule has 0 aromatic rings. The van der Waals surface area contributed by atoms with Gasteiger partial charge in [-0.1, -0.05) is 33.6 Å². The van der Waals surface area contributed by atoms with Crippen LogP contribution in [0.5, 0.6) is 0 Å². The molecule has 0 unspecified atom stereocenters. The molecular formula is C15H29N3O. The third kappa shape index (κ3) is 6.07. The molecule has 2 rings (SSSR count). The summed E-state index contributed by atoms with van der Waals surface area (Å²) in [5, 5.41) is 7.32. The number of hydrogen-bond donors (Lipinski definition) is 1. The molecule has 1 saturated heterocycles. The van der Waals surface area contributed by atoms with Gasteiger partial charge in [0.15, 0.2) is 0 Å². The predicted molar refractivity (Wildman–Crippen MR) is 78.3 cm³/mol. The zero-order valence-electron chi connectivity index (χ0n) is 12.9. The van der Waals surface area contributed by atoms with Crippen LogP contribution in [0.4, 0.5) is 0 Å². The summed E-state index contributed by atoms with van der Waals surface area (Å²) >= 11 is 0. The van der Waals surface area contributed by atoms with Crippen LogP contribution in [-0.4, -0.2) is 30.4 Å². The van der Waals surface area contributed by atoms with Gasteiger partial charge in [-0.3, -0.25) is 9.69 Å². The smallest absolute Gasteiger partial charge is 0.231 e. The molecule has 1 heterocycles. The van der Waals surface area contributed by atoms with Crippen molar-refractivity contribution >= 4 is 5.91 Å². The molecule has 110 valence electrons. The Bertz CT molecular complexity index is 293. The van der Waals surface area contributed by atoms with Gasteiger partial charge in [0.1, 0.15) is 0 Å². The van der Waals surface area contributed by atoms with Crippen LogP contribution >= 0.6 is 0 Å². The number of rotatable bonds is 2. The number of likely N-dealkylation sites (tertiary alicyclic amines) is 1. The van der Waals surface area contributed by atoms with E-state index in [4.69, 9.17) is 11.0 Å². The molecule has 2 fully saturated rings. The van der Waals surface area contributed by atoms with Crippen molar-refractivity contribution in [3.63, 3.8) is 0 Å². The molecule has 1 amide bonds. The normalized spacial score (nSPS) is 21.0. The van der Waals surface area contributed by atoms with Gasteiger partial charge in [-0.05, 0) is 24.2 Å². The van der Waals surface area contributed by atoms with Crippen LogP contribution in [0.15, 0.2) is 0 Å². The number of primary amides is 1. The lowest BCUT2D eigenvalue weighted by molar-refractivity contribution is -0.123. The van der Waals surface area contributed by atoms with E-state index >= 15 is 0 Å². The lowest BCUT2D eigenvalue weighted by Crippen LogP contribution is -2.59. The van der Waals surface area contributed by atoms with Crippen molar-refractivity contribution in [3.8, 4) is 6.07 Å². The topological polar surface area (TPSA) is 70.1 Å². The number of nitrogens with two attached hydrogens (primary N) is 1. The molecule has 1 aliphatic carbocycles. The highest BCUT2D eigenvalue weighted by molar-refractivity contribution is 5.76. The van der Waals surface area contributed by atoms with Crippen molar-refractivity contribution in [2.45, 2.75) is 53.4 Å². The van der Waals surface area contributed by atoms with Crippen molar-refractivity contribution in [3.05, 3.63) is 0 Å². The van der Waals surface area contributed by atoms with Gasteiger partial charge in [0.2, 0.25) is 5.91 Å². The molecule has 1 aliphatic heterocycles. The highest BCUT2D eigenvalue weighted by atomic mass is 16.1. The Labute approximate surface area is 118 Å². The van der Waals surface area contributed by atoms with Gasteiger partial charge < -0.3 is 5.73 Å². The number of nitriles is 1. The quantitative estimate of drug-likeness (QED) is 0.835. The van der Waals surface area contributed by atoms with Gasteiger partial charge in [0.05, 0.1) is 12.6 Å². The highest BCUT2D eigenvalue weighted by Crippen LogP contribution is 2.45. The zero-order chi connectivity index (χ0) is 14.9. The molecule has 0 aromatic heterocycles. The van der Waals surface area contributed by atoms with Crippen molar-refractivity contribution in [2.24, 2.45) is 17.1 Å². The lowest BCUT2D eigenvalue weighted by Gasteiger charge is -2.53. The minimum atomic E-state index is -0.191. The van der Waals surface area contributed by atoms with Gasteiger partial charge in [0, 0.05) is 20.0 Å². The average molecular weight is 267 g/mol. The van der Waals surface area contributed by atoms with E-state index in [0.717, 1.165) is 19.0 Å². The van der Waals surface area contributed by atoms with Crippen LogP contribution in [0.3, 0.4) is 0 Å². The predicted octanol–water partition coefficient (Wildman–Crippen LogP) is 2.54. The Hall–Kier alpha value is -1.08. The summed E-state index contributed by atoms with van der Waals surface area (Å²) in [6.07, 6.45) is 5.43. The largest absolute Gasteiger partial charge is 0.369 e. The second-order valence-corrected chi connectivity index (χ2v) is 5.52. The number of carbonyl (C=O) groups is 1. The molecule has 4 heteroatoms. The lowest BCUT2D eigenvalue weighted by atomic mass is 9.66. The van der Waals surface area contributed by atoms with Crippen LogP contribution in [0, 0.1) is 22.7 Å². The Morgan fingerprint density at radius 2 is 1.79 bits per heavy atom. The Morgan fingerprint density at radius 3 is 2.16 bits per heavy atom. The van der Waals surface area contributed by atoms with Gasteiger partial charge in [-0.15, -0.1) is 0 Å². The Kier molecular flexibility index (Phi) is 8.42. The number of nitrogens with zero attached hydrogens (tertiary/aromatic N) is 2. The van der Waals surface area contributed by atoms with Crippen molar-refractivity contribution in [1.29, 1.82) is 5.26 Å². The van der Waals surface area contributed by atoms with Crippen LogP contribution in [0.2, 0.25) is 0 Å². The maximum Gasteiger partial charge on any atom is 0.231 e. The molecule has 19 heavy (non-hydrogen) atoms. The standard InChI is InChI=1S/C11H20N2O.C2H3N.C2H6/c1-9-2-4-11(5-3-9)7-13(8-11)6-10(12)14;1-2-3;1-2/h9H,2-8H2,1H3,(H2,12,14);1H3;1-2H3. The van der Waals surface area contributed by atoms with Gasteiger partial charge in [0.25, 0.3) is 0 Å². The molecule has 2 N–H and O–H groups in total. The SMILES string of the molecule is CC.CC#N.CC1CCC2(CC1)CN(CC(N)=O)C2. The third-order valence-corrected chi connectivity index (χ3v) is 3.83. The fourth-order valence-electron chi connectivity index (χ4n) is 2.93. The van der Waals surface area contributed by atoms with Crippen LogP contribution < -0.4 is 5.73 Å². The first-order valence-electron chi connectivity index (χ1n) is 7.33. The van der Waals surface area contributed by atoms with Crippen molar-refractivity contribution in [2.75, 3.05) is 19.6 Å². The first-order chi connectivity index (χ1) is 9.01. The van der Waals surface area contributed by atoms with E-state index in [1.54, 1.807) is 6.07 Å². The van der Waals surface area contributed by atoms with E-state index in [-0.39, 0.29) is 5.91 Å². The second kappa shape index (κ2) is 8.92. The summed E-state index contributed by atoms with van der Waals surface area (Å²) < 4.78 is 0. The first kappa shape index (κ1) is 17.9. The summed E-state index contributed by atoms with van der Waals surface area (Å²) in [7, 11) is 0. The van der Waals surface area contributed by atoms with Crippen molar-refractivity contribution < 1.29 is 4.79 Å². The zero-order valence-corrected chi connectivity index (χ0v) is 12.9. The van der Waals surface area contributed by atoms with E-state index in [0.29, 0.717) is 12.0 Å². The van der Waals surface area contributed by atoms with Gasteiger partial charge in [-0.25, -0.2) is 0 Å². The van der Waals surface area contributed by atoms with Crippen LogP contribution in [-0.2, 0) is 4.79 Å². The summed E-state index contributed by atoms with van der Waals surface area (Å²) in [4.78, 5) is 12.9. The maximum atomic E-state index is 10.7. The van der Waals surface area contributed by atoms with E-state index < -0.39 is 0 Å². The minimum absolute atomic E-state index is 0.191. The molecule has 1 spiro atoms. The fraction of sp³-hybridized carbons (Fsp3) is 0.867. The summed E-state index contributed by atoms with van der Waals surface area (Å²) in [6, 6.07) is 1.75. The molecule has 0 radical (unpaired) electrons. The molecule has 4 nitrogen and oxygen atoms in total. The Morgan fingerprint density at radius 1 is 1.37 bits per heavy atom. The fourth-order valence-corrected chi connectivity index (χ4v) is 2.93. The number of amides is 1. The van der Waals surface area contributed by atoms with Gasteiger partial charge >= 0.3 is 0 Å². The average Bonchev–Trinajstić information content (AvgIpc) is 2.33. The molecule has 0 bridgehead atoms. The number of carbonyl (C=O) groups excluding carboxylic acids is 1. The molecule has 0 aromatic carbocycles. The second-order valence-electron chi connectivity index (χ2n) is 5.52. The first-order valence-corrected chi connectivity index (χ1v) is 7.33. The summed E-state index contributed by atoms with van der Waals surface area (Å²) in [5.74, 6) is 0.717. The monoisotopic (exact) mass is 267 g/mol. The maximum absolute atomic E-state index is 10.7. The summed E-state index contributed by atoms with van der Waals surface area (Å²) in [6.45, 7) is 10.4. The summed E-state index contributed by atoms with van der Waals surface area (Å²) in [5.41, 5.74) is 5.72. The third-order valence-electron chi connectivity index (χ3n) is 3.83. The highest BCUT2D eigenvalue weighted by Gasteiger charge is 2.44. The van der Waals surface area contributed by atoms with Crippen LogP contribution in [0.25, 0.3) is 0 Å². The molecule has 0 atom stereocenters. The van der Waals surface area contributed by atoms with E-state index in [9.17, 15) is 4.79 Å². The molecular weight excluding hydrogens is 238 g/mol. The molecule has 1 saturated carbocycles.